The minimum atomic E-state index is -3.02. The lowest BCUT2D eigenvalue weighted by Crippen LogP contribution is -2.65. The van der Waals surface area contributed by atoms with Crippen LogP contribution in [0.1, 0.15) is 75.5 Å². The van der Waals surface area contributed by atoms with Gasteiger partial charge in [0.15, 0.2) is 11.2 Å². The highest BCUT2D eigenvalue weighted by molar-refractivity contribution is 6.84. The molecule has 42 heavy (non-hydrogen) atoms. The van der Waals surface area contributed by atoms with E-state index < -0.39 is 47.2 Å². The summed E-state index contributed by atoms with van der Waals surface area (Å²) in [6.07, 6.45) is -0.722. The molecule has 4 rings (SSSR count). The molecule has 1 amide bonds. The molecule has 4 heterocycles. The standard InChI is InChI=1S/C26H44N8O6Si2/c1-13(2)23(35)30-26-29-22-20(24(36)31-26)28-12-34(22)25-19(32-33-27)21-18(38-25)11-37-41(14(3)4,15(5)6)40-42(39-21,16(7)8)17(9)10/h12-19,21,25H,11H2,1-10H3,(H2,29,30,31,35,36)/t18-,19-,21-,25-/m1/s1. The van der Waals surface area contributed by atoms with Gasteiger partial charge in [0.25, 0.3) is 5.56 Å². The van der Waals surface area contributed by atoms with Gasteiger partial charge in [-0.1, -0.05) is 74.4 Å². The summed E-state index contributed by atoms with van der Waals surface area (Å²) in [5, 5.41) is 6.78. The monoisotopic (exact) mass is 620 g/mol. The molecular formula is C26H44N8O6Si2. The highest BCUT2D eigenvalue weighted by Crippen LogP contribution is 2.49. The van der Waals surface area contributed by atoms with Crippen LogP contribution in [0.15, 0.2) is 16.2 Å². The van der Waals surface area contributed by atoms with Crippen LogP contribution in [-0.2, 0) is 22.5 Å². The number of imidazole rings is 1. The molecule has 16 heteroatoms. The summed E-state index contributed by atoms with van der Waals surface area (Å²) >= 11 is 0. The summed E-state index contributed by atoms with van der Waals surface area (Å²) in [5.41, 5.74) is 9.80. The van der Waals surface area contributed by atoms with E-state index >= 15 is 0 Å². The number of hydrogen-bond acceptors (Lipinski definition) is 9. The molecule has 0 radical (unpaired) electrons. The summed E-state index contributed by atoms with van der Waals surface area (Å²) in [5.74, 6) is -0.637. The number of nitrogens with one attached hydrogen (secondary N) is 2. The van der Waals surface area contributed by atoms with Gasteiger partial charge >= 0.3 is 17.1 Å². The SMILES string of the molecule is CC(C)C(=O)Nc1nc2c(ncn2[C@@H]2O[C@@H]3CO[Si](C(C)C)(C(C)C)O[Si](C(C)C)(C(C)C)O[C@H]3[C@H]2N=[N+]=[N-])c(=O)[nH]1. The quantitative estimate of drug-likeness (QED) is 0.174. The molecule has 2 aromatic rings. The summed E-state index contributed by atoms with van der Waals surface area (Å²) < 4.78 is 29.3. The molecule has 2 aliphatic rings. The maximum atomic E-state index is 12.9. The van der Waals surface area contributed by atoms with Crippen LogP contribution < -0.4 is 10.9 Å². The largest absolute Gasteiger partial charge is 0.414 e. The van der Waals surface area contributed by atoms with Crippen LogP contribution in [0.25, 0.3) is 21.6 Å². The molecule has 2 N–H and O–H groups in total. The van der Waals surface area contributed by atoms with Crippen molar-refractivity contribution in [2.45, 2.75) is 116 Å². The van der Waals surface area contributed by atoms with Crippen molar-refractivity contribution in [1.29, 1.82) is 0 Å². The molecule has 4 atom stereocenters. The van der Waals surface area contributed by atoms with Crippen molar-refractivity contribution in [2.24, 2.45) is 11.0 Å². The fourth-order valence-electron chi connectivity index (χ4n) is 5.98. The number of aromatic amines is 1. The lowest BCUT2D eigenvalue weighted by atomic mass is 10.1. The number of carbonyl (C=O) groups excluding carboxylic acids is 1. The van der Waals surface area contributed by atoms with E-state index in [4.69, 9.17) is 17.7 Å². The average Bonchev–Trinajstić information content (AvgIpc) is 3.45. The van der Waals surface area contributed by atoms with Crippen LogP contribution in [0.2, 0.25) is 22.2 Å². The third-order valence-electron chi connectivity index (χ3n) is 8.30. The van der Waals surface area contributed by atoms with Crippen LogP contribution in [0.4, 0.5) is 5.95 Å². The van der Waals surface area contributed by atoms with Crippen molar-refractivity contribution in [3.63, 3.8) is 0 Å². The van der Waals surface area contributed by atoms with Gasteiger partial charge in [-0.05, 0) is 27.7 Å². The summed E-state index contributed by atoms with van der Waals surface area (Å²) in [4.78, 5) is 39.6. The van der Waals surface area contributed by atoms with Gasteiger partial charge in [0.1, 0.15) is 18.4 Å². The Kier molecular flexibility index (Phi) is 9.38. The van der Waals surface area contributed by atoms with Gasteiger partial charge in [0.2, 0.25) is 11.9 Å². The second-order valence-electron chi connectivity index (χ2n) is 12.7. The van der Waals surface area contributed by atoms with E-state index in [0.717, 1.165) is 0 Å². The first-order valence-corrected chi connectivity index (χ1v) is 18.6. The maximum absolute atomic E-state index is 12.9. The Morgan fingerprint density at radius 2 is 1.71 bits per heavy atom. The van der Waals surface area contributed by atoms with Crippen molar-refractivity contribution < 1.29 is 22.5 Å². The summed E-state index contributed by atoms with van der Waals surface area (Å²) in [7, 11) is -5.84. The first kappa shape index (κ1) is 32.3. The smallest absolute Gasteiger partial charge is 0.335 e. The van der Waals surface area contributed by atoms with E-state index in [2.05, 4.69) is 85.7 Å². The molecule has 0 aliphatic carbocycles. The van der Waals surface area contributed by atoms with Crippen LogP contribution >= 0.6 is 0 Å². The second kappa shape index (κ2) is 12.2. The van der Waals surface area contributed by atoms with Gasteiger partial charge in [-0.2, -0.15) is 4.98 Å². The Labute approximate surface area is 248 Å². The third kappa shape index (κ3) is 5.56. The topological polar surface area (TPSA) is 178 Å². The number of fused-ring (bicyclic) bond motifs is 2. The fourth-order valence-corrected chi connectivity index (χ4v) is 17.2. The molecule has 0 saturated carbocycles. The van der Waals surface area contributed by atoms with Gasteiger partial charge in [-0.3, -0.25) is 24.5 Å². The van der Waals surface area contributed by atoms with Crippen LogP contribution in [-0.4, -0.2) is 67.4 Å². The number of aromatic nitrogens is 4. The molecular weight excluding hydrogens is 577 g/mol. The van der Waals surface area contributed by atoms with E-state index in [-0.39, 0.29) is 57.7 Å². The van der Waals surface area contributed by atoms with Crippen molar-refractivity contribution >= 4 is 40.1 Å². The zero-order chi connectivity index (χ0) is 31.1. The number of nitrogens with zero attached hydrogens (tertiary/aromatic N) is 6. The highest BCUT2D eigenvalue weighted by Gasteiger charge is 2.61. The summed E-state index contributed by atoms with van der Waals surface area (Å²) in [6.45, 7) is 20.7. The van der Waals surface area contributed by atoms with Gasteiger partial charge in [-0.15, -0.1) is 0 Å². The Morgan fingerprint density at radius 1 is 1.10 bits per heavy atom. The van der Waals surface area contributed by atoms with E-state index in [1.807, 2.05) is 0 Å². The second-order valence-corrected chi connectivity index (χ2v) is 21.5. The highest BCUT2D eigenvalue weighted by atomic mass is 28.5. The normalized spacial score (nSPS) is 25.6. The lowest BCUT2D eigenvalue weighted by Gasteiger charge is -2.51. The van der Waals surface area contributed by atoms with E-state index in [0.29, 0.717) is 0 Å². The molecule has 2 aromatic heterocycles. The van der Waals surface area contributed by atoms with E-state index in [1.165, 1.54) is 6.33 Å². The molecule has 2 aliphatic heterocycles. The lowest BCUT2D eigenvalue weighted by molar-refractivity contribution is -0.118. The molecule has 14 nitrogen and oxygen atoms in total. The van der Waals surface area contributed by atoms with Crippen molar-refractivity contribution in [2.75, 3.05) is 11.9 Å². The Hall–Kier alpha value is -2.60. The first-order valence-electron chi connectivity index (χ1n) is 14.7. The Bertz CT molecular complexity index is 1390. The van der Waals surface area contributed by atoms with Crippen molar-refractivity contribution in [3.8, 4) is 0 Å². The number of H-pyrrole nitrogens is 1. The minimum Gasteiger partial charge on any atom is -0.414 e. The predicted molar refractivity (Wildman–Crippen MR) is 162 cm³/mol. The van der Waals surface area contributed by atoms with Gasteiger partial charge in [0, 0.05) is 10.8 Å². The van der Waals surface area contributed by atoms with Crippen molar-refractivity contribution in [1.82, 2.24) is 19.5 Å². The molecule has 232 valence electrons. The molecule has 0 bridgehead atoms. The van der Waals surface area contributed by atoms with Crippen LogP contribution in [0.3, 0.4) is 0 Å². The zero-order valence-electron chi connectivity index (χ0n) is 26.1. The maximum Gasteiger partial charge on any atom is 0.335 e. The predicted octanol–water partition coefficient (Wildman–Crippen LogP) is 5.25. The first-order chi connectivity index (χ1) is 19.7. The van der Waals surface area contributed by atoms with Crippen LogP contribution in [0, 0.1) is 5.92 Å². The molecule has 0 aromatic carbocycles. The zero-order valence-corrected chi connectivity index (χ0v) is 28.1. The number of azide groups is 1. The number of carbonyl (C=O) groups is 1. The van der Waals surface area contributed by atoms with Crippen molar-refractivity contribution in [3.05, 3.63) is 27.1 Å². The van der Waals surface area contributed by atoms with Crippen LogP contribution in [0.5, 0.6) is 0 Å². The number of amides is 1. The summed E-state index contributed by atoms with van der Waals surface area (Å²) in [6, 6.07) is -0.837. The van der Waals surface area contributed by atoms with E-state index in [1.54, 1.807) is 18.4 Å². The average molecular weight is 621 g/mol. The van der Waals surface area contributed by atoms with Gasteiger partial charge in [-0.25, -0.2) is 4.98 Å². The van der Waals surface area contributed by atoms with E-state index in [9.17, 15) is 15.1 Å². The molecule has 2 saturated heterocycles. The number of anilines is 1. The molecule has 2 fully saturated rings. The fraction of sp³-hybridized carbons (Fsp3) is 0.769. The molecule has 0 unspecified atom stereocenters. The number of ether oxygens (including phenoxy) is 1. The Morgan fingerprint density at radius 3 is 2.26 bits per heavy atom. The number of hydrogen-bond donors (Lipinski definition) is 2. The Balaban J connectivity index is 1.84. The minimum absolute atomic E-state index is 0.0130. The van der Waals surface area contributed by atoms with Gasteiger partial charge < -0.3 is 17.7 Å². The number of rotatable bonds is 8. The molecule has 0 spiro atoms. The third-order valence-corrected chi connectivity index (χ3v) is 18.5. The van der Waals surface area contributed by atoms with Gasteiger partial charge in [0.05, 0.1) is 19.0 Å².